The number of rotatable bonds is 6. The summed E-state index contributed by atoms with van der Waals surface area (Å²) in [5.74, 6) is 1.38. The molecule has 0 aliphatic rings. The van der Waals surface area contributed by atoms with Gasteiger partial charge in [-0.05, 0) is 122 Å². The van der Waals surface area contributed by atoms with Crippen molar-refractivity contribution >= 4 is 72.5 Å². The van der Waals surface area contributed by atoms with Gasteiger partial charge in [0.1, 0.15) is 17.2 Å². The summed E-state index contributed by atoms with van der Waals surface area (Å²) in [6.45, 7) is 5.87. The predicted octanol–water partition coefficient (Wildman–Crippen LogP) is 13.2. The Morgan fingerprint density at radius 1 is 0.340 bits per heavy atom. The van der Waals surface area contributed by atoms with E-state index in [0.29, 0.717) is 17.2 Å². The van der Waals surface area contributed by atoms with Crippen LogP contribution in [0.3, 0.4) is 0 Å². The van der Waals surface area contributed by atoms with E-state index in [9.17, 15) is 0 Å². The summed E-state index contributed by atoms with van der Waals surface area (Å²) in [6, 6.07) is 49.4. The second kappa shape index (κ2) is 11.7. The molecule has 5 heteroatoms. The lowest BCUT2D eigenvalue weighted by molar-refractivity contribution is 0.300. The maximum absolute atomic E-state index is 15.6. The standard InChI is InChI=1S/C45H33O4P/c1-28-16-19-37-22-31-10-4-7-13-34(31)25-40(37)43(28)47-50(46,48-44-29(2)17-20-38-23-32-11-5-8-14-35(32)26-41(38)44)49-45-30(3)18-21-39-24-33-12-6-9-15-36(33)27-42(39)45/h4-27H,1-3H3. The molecule has 0 unspecified atom stereocenters. The molecule has 0 radical (unpaired) electrons. The summed E-state index contributed by atoms with van der Waals surface area (Å²) in [5, 5.41) is 11.9. The van der Waals surface area contributed by atoms with Crippen molar-refractivity contribution in [2.75, 3.05) is 0 Å². The third kappa shape index (κ3) is 5.21. The molecule has 0 aliphatic carbocycles. The molecule has 0 aliphatic heterocycles. The first-order valence-corrected chi connectivity index (χ1v) is 18.2. The van der Waals surface area contributed by atoms with E-state index in [-0.39, 0.29) is 0 Å². The van der Waals surface area contributed by atoms with Gasteiger partial charge in [0.15, 0.2) is 0 Å². The van der Waals surface area contributed by atoms with Crippen LogP contribution in [0.15, 0.2) is 146 Å². The molecule has 0 saturated heterocycles. The molecule has 0 fully saturated rings. The fraction of sp³-hybridized carbons (Fsp3) is 0.0667. The summed E-state index contributed by atoms with van der Waals surface area (Å²) in [4.78, 5) is 0. The normalized spacial score (nSPS) is 12.0. The average Bonchev–Trinajstić information content (AvgIpc) is 3.13. The molecule has 242 valence electrons. The summed E-state index contributed by atoms with van der Waals surface area (Å²) in [7, 11) is -4.46. The lowest BCUT2D eigenvalue weighted by Crippen LogP contribution is -2.10. The lowest BCUT2D eigenvalue weighted by Gasteiger charge is -2.24. The second-order valence-corrected chi connectivity index (χ2v) is 14.6. The molecular formula is C45H33O4P. The Labute approximate surface area is 290 Å². The summed E-state index contributed by atoms with van der Waals surface area (Å²) < 4.78 is 35.7. The van der Waals surface area contributed by atoms with Crippen LogP contribution in [0, 0.1) is 20.8 Å². The van der Waals surface area contributed by atoms with Crippen molar-refractivity contribution in [1.82, 2.24) is 0 Å². The average molecular weight is 669 g/mol. The van der Waals surface area contributed by atoms with Crippen molar-refractivity contribution < 1.29 is 18.1 Å². The van der Waals surface area contributed by atoms with E-state index in [1.54, 1.807) is 0 Å². The van der Waals surface area contributed by atoms with E-state index in [2.05, 4.69) is 91.0 Å². The van der Waals surface area contributed by atoms with Crippen LogP contribution in [-0.4, -0.2) is 0 Å². The predicted molar refractivity (Wildman–Crippen MR) is 208 cm³/mol. The van der Waals surface area contributed by atoms with Crippen LogP contribution in [-0.2, 0) is 4.57 Å². The van der Waals surface area contributed by atoms with Gasteiger partial charge in [-0.25, -0.2) is 0 Å². The molecule has 0 aromatic heterocycles. The topological polar surface area (TPSA) is 44.8 Å². The molecule has 0 atom stereocenters. The van der Waals surface area contributed by atoms with Crippen molar-refractivity contribution in [3.63, 3.8) is 0 Å². The van der Waals surface area contributed by atoms with Crippen molar-refractivity contribution in [2.24, 2.45) is 0 Å². The molecule has 50 heavy (non-hydrogen) atoms. The highest BCUT2D eigenvalue weighted by molar-refractivity contribution is 7.49. The van der Waals surface area contributed by atoms with Gasteiger partial charge in [0.25, 0.3) is 0 Å². The Morgan fingerprint density at radius 3 is 0.880 bits per heavy atom. The number of phosphoric acid groups is 1. The molecule has 9 aromatic carbocycles. The zero-order valence-corrected chi connectivity index (χ0v) is 28.8. The number of hydrogen-bond donors (Lipinski definition) is 0. The van der Waals surface area contributed by atoms with Gasteiger partial charge in [-0.15, -0.1) is 0 Å². The smallest absolute Gasteiger partial charge is 0.385 e. The minimum absolute atomic E-state index is 0.461. The zero-order valence-electron chi connectivity index (χ0n) is 27.9. The maximum Gasteiger partial charge on any atom is 0.647 e. The van der Waals surface area contributed by atoms with Gasteiger partial charge in [-0.1, -0.05) is 109 Å². The number of fused-ring (bicyclic) bond motifs is 6. The Balaban J connectivity index is 1.26. The molecule has 0 saturated carbocycles. The molecule has 9 rings (SSSR count). The van der Waals surface area contributed by atoms with Crippen molar-refractivity contribution in [1.29, 1.82) is 0 Å². The summed E-state index contributed by atoms with van der Waals surface area (Å²) in [5.41, 5.74) is 2.46. The van der Waals surface area contributed by atoms with Gasteiger partial charge in [0.2, 0.25) is 0 Å². The van der Waals surface area contributed by atoms with Crippen LogP contribution in [0.1, 0.15) is 16.7 Å². The van der Waals surface area contributed by atoms with Crippen LogP contribution in [0.4, 0.5) is 0 Å². The largest absolute Gasteiger partial charge is 0.647 e. The van der Waals surface area contributed by atoms with Gasteiger partial charge in [-0.2, -0.15) is 4.57 Å². The SMILES string of the molecule is Cc1ccc2cc3ccccc3cc2c1OP(=O)(Oc1c(C)ccc2cc3ccccc3cc12)Oc1c(C)ccc2cc3ccccc3cc12. The highest BCUT2D eigenvalue weighted by Gasteiger charge is 2.37. The van der Waals surface area contributed by atoms with Gasteiger partial charge >= 0.3 is 7.82 Å². The van der Waals surface area contributed by atoms with E-state index in [1.165, 1.54) is 0 Å². The molecule has 0 bridgehead atoms. The summed E-state index contributed by atoms with van der Waals surface area (Å²) >= 11 is 0. The highest BCUT2D eigenvalue weighted by atomic mass is 31.2. The number of hydrogen-bond acceptors (Lipinski definition) is 4. The van der Waals surface area contributed by atoms with Crippen LogP contribution in [0.5, 0.6) is 17.2 Å². The Hall–Kier alpha value is -5.83. The Morgan fingerprint density at radius 2 is 0.600 bits per heavy atom. The van der Waals surface area contributed by atoms with Crippen molar-refractivity contribution in [3.8, 4) is 17.2 Å². The quantitative estimate of drug-likeness (QED) is 0.131. The molecule has 9 aromatic rings. The fourth-order valence-electron chi connectivity index (χ4n) is 7.04. The van der Waals surface area contributed by atoms with E-state index in [0.717, 1.165) is 81.3 Å². The van der Waals surface area contributed by atoms with E-state index in [1.807, 2.05) is 75.4 Å². The summed E-state index contributed by atoms with van der Waals surface area (Å²) in [6.07, 6.45) is 0. The first-order valence-electron chi connectivity index (χ1n) is 16.8. The molecule has 0 N–H and O–H groups in total. The highest BCUT2D eigenvalue weighted by Crippen LogP contribution is 2.55. The number of aryl methyl sites for hydroxylation is 3. The Kier molecular flexibility index (Phi) is 7.05. The first-order chi connectivity index (χ1) is 24.3. The fourth-order valence-corrected chi connectivity index (χ4v) is 8.55. The van der Waals surface area contributed by atoms with Gasteiger partial charge in [0.05, 0.1) is 0 Å². The van der Waals surface area contributed by atoms with E-state index in [4.69, 9.17) is 13.6 Å². The van der Waals surface area contributed by atoms with E-state index >= 15 is 4.57 Å². The second-order valence-electron chi connectivity index (χ2n) is 13.1. The van der Waals surface area contributed by atoms with Crippen LogP contribution in [0.25, 0.3) is 64.6 Å². The Bertz CT molecular complexity index is 2560. The third-order valence-electron chi connectivity index (χ3n) is 9.71. The molecule has 0 spiro atoms. The first kappa shape index (κ1) is 30.2. The van der Waals surface area contributed by atoms with Gasteiger partial charge in [-0.3, -0.25) is 0 Å². The maximum atomic E-state index is 15.6. The van der Waals surface area contributed by atoms with Crippen LogP contribution in [0.2, 0.25) is 0 Å². The van der Waals surface area contributed by atoms with E-state index < -0.39 is 7.82 Å². The monoisotopic (exact) mass is 668 g/mol. The zero-order chi connectivity index (χ0) is 34.0. The van der Waals surface area contributed by atoms with Crippen LogP contribution >= 0.6 is 7.82 Å². The molecule has 0 heterocycles. The number of phosphoric ester groups is 1. The van der Waals surface area contributed by atoms with Crippen molar-refractivity contribution in [3.05, 3.63) is 162 Å². The van der Waals surface area contributed by atoms with Gasteiger partial charge < -0.3 is 13.6 Å². The lowest BCUT2D eigenvalue weighted by atomic mass is 10.0. The minimum atomic E-state index is -4.46. The molecular weight excluding hydrogens is 635 g/mol. The van der Waals surface area contributed by atoms with Gasteiger partial charge in [0, 0.05) is 16.2 Å². The van der Waals surface area contributed by atoms with Crippen molar-refractivity contribution in [2.45, 2.75) is 20.8 Å². The van der Waals surface area contributed by atoms with Crippen LogP contribution < -0.4 is 13.6 Å². The molecule has 0 amide bonds. The molecule has 4 nitrogen and oxygen atoms in total. The minimum Gasteiger partial charge on any atom is -0.385 e. The number of benzene rings is 9. The third-order valence-corrected chi connectivity index (χ3v) is 10.9.